The van der Waals surface area contributed by atoms with Crippen LogP contribution in [0.4, 0.5) is 23.2 Å². The van der Waals surface area contributed by atoms with E-state index in [9.17, 15) is 22.4 Å². The normalized spacial score (nSPS) is 12.7. The first kappa shape index (κ1) is 21.5. The summed E-state index contributed by atoms with van der Waals surface area (Å²) in [6.07, 6.45) is -1.83. The molecule has 0 aliphatic heterocycles. The molecule has 5 nitrogen and oxygen atoms in total. The molecule has 0 saturated heterocycles. The van der Waals surface area contributed by atoms with Crippen LogP contribution in [-0.2, 0) is 17.9 Å². The number of aromatic nitrogens is 2. The molecule has 1 N–H and O–H groups in total. The van der Waals surface area contributed by atoms with E-state index in [0.717, 1.165) is 4.57 Å². The molecule has 1 amide bonds. The maximum atomic E-state index is 13.1. The number of halogens is 4. The van der Waals surface area contributed by atoms with Crippen LogP contribution in [0.3, 0.4) is 0 Å². The summed E-state index contributed by atoms with van der Waals surface area (Å²) < 4.78 is 52.6. The number of alkyl halides is 3. The van der Waals surface area contributed by atoms with Crippen LogP contribution in [0, 0.1) is 5.82 Å². The standard InChI is InChI=1S/C21H20F4N4O/c1-28(13-18-26-11-12-29(18)14-21(23,24)25)19(15-5-3-2-4-6-15)20(30)27-17-9-7-16(22)8-10-17/h2-12,19H,13-14H2,1H3,(H,27,30). The highest BCUT2D eigenvalue weighted by atomic mass is 19.4. The molecule has 0 aliphatic carbocycles. The van der Waals surface area contributed by atoms with Gasteiger partial charge in [0.15, 0.2) is 0 Å². The van der Waals surface area contributed by atoms with Gasteiger partial charge in [-0.25, -0.2) is 9.37 Å². The first-order valence-electron chi connectivity index (χ1n) is 9.11. The number of anilines is 1. The number of likely N-dealkylation sites (N-methyl/N-ethyl adjacent to an activating group) is 1. The predicted octanol–water partition coefficient (Wildman–Crippen LogP) is 4.40. The molecule has 9 heteroatoms. The molecule has 30 heavy (non-hydrogen) atoms. The van der Waals surface area contributed by atoms with Gasteiger partial charge < -0.3 is 9.88 Å². The number of hydrogen-bond acceptors (Lipinski definition) is 3. The molecule has 3 rings (SSSR count). The van der Waals surface area contributed by atoms with Gasteiger partial charge in [-0.3, -0.25) is 9.69 Å². The molecular formula is C21H20F4N4O. The number of imidazole rings is 1. The average molecular weight is 420 g/mol. The van der Waals surface area contributed by atoms with E-state index in [0.29, 0.717) is 11.3 Å². The summed E-state index contributed by atoms with van der Waals surface area (Å²) in [6.45, 7) is -1.15. The van der Waals surface area contributed by atoms with Crippen LogP contribution in [0.1, 0.15) is 17.4 Å². The highest BCUT2D eigenvalue weighted by Crippen LogP contribution is 2.24. The Morgan fingerprint density at radius 3 is 2.43 bits per heavy atom. The Morgan fingerprint density at radius 2 is 1.80 bits per heavy atom. The molecule has 0 saturated carbocycles. The monoisotopic (exact) mass is 420 g/mol. The molecule has 1 aromatic heterocycles. The molecular weight excluding hydrogens is 400 g/mol. The minimum absolute atomic E-state index is 0.0134. The van der Waals surface area contributed by atoms with Crippen LogP contribution in [0.25, 0.3) is 0 Å². The molecule has 1 unspecified atom stereocenters. The number of hydrogen-bond donors (Lipinski definition) is 1. The van der Waals surface area contributed by atoms with Crippen molar-refractivity contribution in [3.8, 4) is 0 Å². The van der Waals surface area contributed by atoms with Gasteiger partial charge in [0.05, 0.1) is 6.54 Å². The average Bonchev–Trinajstić information content (AvgIpc) is 3.09. The van der Waals surface area contributed by atoms with Gasteiger partial charge >= 0.3 is 6.18 Å². The third kappa shape index (κ3) is 5.66. The van der Waals surface area contributed by atoms with Crippen molar-refractivity contribution in [3.63, 3.8) is 0 Å². The highest BCUT2D eigenvalue weighted by molar-refractivity contribution is 5.95. The van der Waals surface area contributed by atoms with Gasteiger partial charge in [-0.15, -0.1) is 0 Å². The lowest BCUT2D eigenvalue weighted by atomic mass is 10.0. The van der Waals surface area contributed by atoms with Crippen molar-refractivity contribution in [1.29, 1.82) is 0 Å². The van der Waals surface area contributed by atoms with E-state index >= 15 is 0 Å². The van der Waals surface area contributed by atoms with Crippen LogP contribution >= 0.6 is 0 Å². The van der Waals surface area contributed by atoms with Crippen molar-refractivity contribution in [2.45, 2.75) is 25.3 Å². The summed E-state index contributed by atoms with van der Waals surface area (Å²) in [7, 11) is 1.63. The Morgan fingerprint density at radius 1 is 1.13 bits per heavy atom. The molecule has 1 heterocycles. The summed E-state index contributed by atoms with van der Waals surface area (Å²) in [5.74, 6) is -0.643. The Bertz CT molecular complexity index is 971. The molecule has 0 bridgehead atoms. The Hall–Kier alpha value is -3.20. The van der Waals surface area contributed by atoms with E-state index in [1.807, 2.05) is 0 Å². The number of nitrogens with one attached hydrogen (secondary N) is 1. The lowest BCUT2D eigenvalue weighted by Crippen LogP contribution is -2.35. The van der Waals surface area contributed by atoms with Crippen molar-refractivity contribution < 1.29 is 22.4 Å². The van der Waals surface area contributed by atoms with Crippen LogP contribution in [0.2, 0.25) is 0 Å². The van der Waals surface area contributed by atoms with E-state index in [1.54, 1.807) is 42.3 Å². The molecule has 1 atom stereocenters. The van der Waals surface area contributed by atoms with Gasteiger partial charge in [-0.2, -0.15) is 13.2 Å². The second-order valence-corrected chi connectivity index (χ2v) is 6.81. The van der Waals surface area contributed by atoms with Crippen LogP contribution in [0.15, 0.2) is 67.0 Å². The van der Waals surface area contributed by atoms with Crippen LogP contribution in [0.5, 0.6) is 0 Å². The molecule has 0 aliphatic rings. The van der Waals surface area contributed by atoms with Gasteiger partial charge in [-0.05, 0) is 36.9 Å². The predicted molar refractivity (Wildman–Crippen MR) is 104 cm³/mol. The smallest absolute Gasteiger partial charge is 0.325 e. The van der Waals surface area contributed by atoms with Gasteiger partial charge in [0.2, 0.25) is 5.91 Å². The maximum absolute atomic E-state index is 13.1. The second kappa shape index (κ2) is 9.08. The number of amides is 1. The zero-order valence-electron chi connectivity index (χ0n) is 16.1. The summed E-state index contributed by atoms with van der Waals surface area (Å²) in [5.41, 5.74) is 1.07. The van der Waals surface area contributed by atoms with Gasteiger partial charge in [-0.1, -0.05) is 30.3 Å². The fraction of sp³-hybridized carbons (Fsp3) is 0.238. The lowest BCUT2D eigenvalue weighted by Gasteiger charge is -2.27. The van der Waals surface area contributed by atoms with E-state index in [1.165, 1.54) is 36.7 Å². The molecule has 0 radical (unpaired) electrons. The van der Waals surface area contributed by atoms with E-state index in [2.05, 4.69) is 10.3 Å². The number of benzene rings is 2. The zero-order valence-corrected chi connectivity index (χ0v) is 16.1. The first-order valence-corrected chi connectivity index (χ1v) is 9.11. The summed E-state index contributed by atoms with van der Waals surface area (Å²) in [4.78, 5) is 18.7. The Labute approximate surface area is 171 Å². The largest absolute Gasteiger partial charge is 0.406 e. The van der Waals surface area contributed by atoms with Crippen LogP contribution in [-0.4, -0.2) is 33.6 Å². The zero-order chi connectivity index (χ0) is 21.7. The van der Waals surface area contributed by atoms with Crippen molar-refractivity contribution in [1.82, 2.24) is 14.5 Å². The number of carbonyl (C=O) groups excluding carboxylic acids is 1. The van der Waals surface area contributed by atoms with Crippen molar-refractivity contribution >= 4 is 11.6 Å². The second-order valence-electron chi connectivity index (χ2n) is 6.81. The highest BCUT2D eigenvalue weighted by Gasteiger charge is 2.30. The molecule has 0 spiro atoms. The van der Waals surface area contributed by atoms with Gasteiger partial charge in [0.1, 0.15) is 24.2 Å². The molecule has 0 fully saturated rings. The lowest BCUT2D eigenvalue weighted by molar-refractivity contribution is -0.141. The third-order valence-electron chi connectivity index (χ3n) is 4.46. The quantitative estimate of drug-likeness (QED) is 0.577. The summed E-state index contributed by atoms with van der Waals surface area (Å²) >= 11 is 0. The van der Waals surface area contributed by atoms with Crippen LogP contribution < -0.4 is 5.32 Å². The summed E-state index contributed by atoms with van der Waals surface area (Å²) in [6, 6.07) is 13.4. The Kier molecular flexibility index (Phi) is 6.51. The fourth-order valence-corrected chi connectivity index (χ4v) is 3.13. The Balaban J connectivity index is 1.83. The topological polar surface area (TPSA) is 50.2 Å². The van der Waals surface area contributed by atoms with Crippen molar-refractivity contribution in [3.05, 3.63) is 84.2 Å². The third-order valence-corrected chi connectivity index (χ3v) is 4.46. The minimum atomic E-state index is -4.38. The van der Waals surface area contributed by atoms with Gasteiger partial charge in [0.25, 0.3) is 0 Å². The van der Waals surface area contributed by atoms with Gasteiger partial charge in [0, 0.05) is 18.1 Å². The van der Waals surface area contributed by atoms with E-state index in [-0.39, 0.29) is 12.4 Å². The number of rotatable bonds is 7. The number of carbonyl (C=O) groups is 1. The molecule has 3 aromatic rings. The summed E-state index contributed by atoms with van der Waals surface area (Å²) in [5, 5.41) is 2.73. The van der Waals surface area contributed by atoms with E-state index < -0.39 is 30.5 Å². The fourth-order valence-electron chi connectivity index (χ4n) is 3.13. The SMILES string of the molecule is CN(Cc1nccn1CC(F)(F)F)C(C(=O)Nc1ccc(F)cc1)c1ccccc1. The van der Waals surface area contributed by atoms with E-state index in [4.69, 9.17) is 0 Å². The van der Waals surface area contributed by atoms with Crippen molar-refractivity contribution in [2.75, 3.05) is 12.4 Å². The van der Waals surface area contributed by atoms with Crippen molar-refractivity contribution in [2.24, 2.45) is 0 Å². The number of nitrogens with zero attached hydrogens (tertiary/aromatic N) is 3. The molecule has 158 valence electrons. The first-order chi connectivity index (χ1) is 14.2. The molecule has 2 aromatic carbocycles. The maximum Gasteiger partial charge on any atom is 0.406 e. The minimum Gasteiger partial charge on any atom is -0.325 e.